The van der Waals surface area contributed by atoms with E-state index >= 15 is 0 Å². The number of carbonyl (C=O) groups excluding carboxylic acids is 4. The molecule has 0 spiro atoms. The Labute approximate surface area is 208 Å². The lowest BCUT2D eigenvalue weighted by atomic mass is 9.93. The first-order valence-electron chi connectivity index (χ1n) is 12.0. The van der Waals surface area contributed by atoms with E-state index in [-0.39, 0.29) is 25.6 Å². The zero-order valence-corrected chi connectivity index (χ0v) is 22.5. The van der Waals surface area contributed by atoms with Gasteiger partial charge in [0.25, 0.3) is 0 Å². The Hall–Kier alpha value is -3.10. The molecule has 0 aromatic heterocycles. The Morgan fingerprint density at radius 1 is 1.03 bits per heavy atom. The highest BCUT2D eigenvalue weighted by molar-refractivity contribution is 5.92. The second-order valence-corrected chi connectivity index (χ2v) is 9.76. The predicted octanol–water partition coefficient (Wildman–Crippen LogP) is 3.56. The lowest BCUT2D eigenvalue weighted by Gasteiger charge is -2.37. The number of carbonyl (C=O) groups is 4. The van der Waals surface area contributed by atoms with E-state index in [1.165, 1.54) is 4.90 Å². The van der Waals surface area contributed by atoms with E-state index in [9.17, 15) is 19.2 Å². The molecule has 0 heterocycles. The van der Waals surface area contributed by atoms with Crippen molar-refractivity contribution in [1.82, 2.24) is 15.5 Å². The first-order chi connectivity index (χ1) is 16.2. The maximum Gasteiger partial charge on any atom is 0.408 e. The van der Waals surface area contributed by atoms with Gasteiger partial charge in [-0.05, 0) is 79.0 Å². The van der Waals surface area contributed by atoms with Crippen molar-refractivity contribution < 1.29 is 28.7 Å². The first-order valence-corrected chi connectivity index (χ1v) is 12.0. The van der Waals surface area contributed by atoms with Crippen LogP contribution in [-0.4, -0.2) is 59.6 Å². The zero-order valence-electron chi connectivity index (χ0n) is 22.5. The molecule has 2 N–H and O–H groups in total. The van der Waals surface area contributed by atoms with E-state index in [2.05, 4.69) is 10.6 Å². The molecule has 0 saturated heterocycles. The minimum absolute atomic E-state index is 0.0191. The molecule has 0 radical (unpaired) electrons. The molecule has 9 nitrogen and oxygen atoms in total. The van der Waals surface area contributed by atoms with Crippen LogP contribution in [0.5, 0.6) is 0 Å². The zero-order chi connectivity index (χ0) is 26.9. The molecule has 196 valence electrons. The fourth-order valence-electron chi connectivity index (χ4n) is 3.72. The molecular weight excluding hydrogens is 450 g/mol. The number of aryl methyl sites for hydroxylation is 2. The van der Waals surface area contributed by atoms with Crippen molar-refractivity contribution >= 4 is 23.9 Å². The van der Waals surface area contributed by atoms with E-state index < -0.39 is 41.6 Å². The van der Waals surface area contributed by atoms with Gasteiger partial charge in [-0.2, -0.15) is 0 Å². The minimum atomic E-state index is -0.964. The summed E-state index contributed by atoms with van der Waals surface area (Å²) in [5.41, 5.74) is 1.68. The third-order valence-electron chi connectivity index (χ3n) is 5.19. The third-order valence-corrected chi connectivity index (χ3v) is 5.19. The quantitative estimate of drug-likeness (QED) is 0.484. The Morgan fingerprint density at radius 2 is 1.60 bits per heavy atom. The van der Waals surface area contributed by atoms with Gasteiger partial charge >= 0.3 is 12.1 Å². The van der Waals surface area contributed by atoms with Gasteiger partial charge < -0.3 is 25.0 Å². The lowest BCUT2D eigenvalue weighted by Crippen LogP contribution is -2.54. The lowest BCUT2D eigenvalue weighted by molar-refractivity contribution is -0.145. The van der Waals surface area contributed by atoms with Crippen LogP contribution in [0.3, 0.4) is 0 Å². The van der Waals surface area contributed by atoms with Crippen LogP contribution in [0.15, 0.2) is 18.2 Å². The molecule has 2 atom stereocenters. The van der Waals surface area contributed by atoms with Gasteiger partial charge in [0.1, 0.15) is 17.7 Å². The van der Waals surface area contributed by atoms with Gasteiger partial charge in [0.15, 0.2) is 0 Å². The predicted molar refractivity (Wildman–Crippen MR) is 134 cm³/mol. The molecule has 3 amide bonds. The fourth-order valence-corrected chi connectivity index (χ4v) is 3.72. The van der Waals surface area contributed by atoms with Crippen LogP contribution in [0.25, 0.3) is 0 Å². The number of nitrogens with one attached hydrogen (secondary N) is 2. The normalized spacial score (nSPS) is 13.0. The number of rotatable bonds is 10. The van der Waals surface area contributed by atoms with E-state index in [0.29, 0.717) is 5.56 Å². The van der Waals surface area contributed by atoms with Crippen molar-refractivity contribution in [3.63, 3.8) is 0 Å². The van der Waals surface area contributed by atoms with Gasteiger partial charge in [-0.25, -0.2) is 4.79 Å². The van der Waals surface area contributed by atoms with Crippen molar-refractivity contribution in [2.75, 3.05) is 13.2 Å². The minimum Gasteiger partial charge on any atom is -0.466 e. The Balaban J connectivity index is 3.30. The van der Waals surface area contributed by atoms with Crippen LogP contribution >= 0.6 is 0 Å². The number of hydrogen-bond acceptors (Lipinski definition) is 6. The second-order valence-electron chi connectivity index (χ2n) is 9.76. The summed E-state index contributed by atoms with van der Waals surface area (Å²) in [4.78, 5) is 52.6. The van der Waals surface area contributed by atoms with Crippen molar-refractivity contribution in [1.29, 1.82) is 0 Å². The molecule has 1 rings (SSSR count). The monoisotopic (exact) mass is 491 g/mol. The maximum absolute atomic E-state index is 13.6. The Bertz CT molecular complexity index is 887. The highest BCUT2D eigenvalue weighted by Gasteiger charge is 2.37. The molecule has 0 saturated carbocycles. The maximum atomic E-state index is 13.6. The molecule has 0 aliphatic rings. The van der Waals surface area contributed by atoms with Gasteiger partial charge in [-0.15, -0.1) is 0 Å². The molecule has 0 aliphatic carbocycles. The summed E-state index contributed by atoms with van der Waals surface area (Å²) in [5, 5.41) is 5.35. The summed E-state index contributed by atoms with van der Waals surface area (Å²) < 4.78 is 10.2. The fraction of sp³-hybridized carbons (Fsp3) is 0.615. The van der Waals surface area contributed by atoms with E-state index in [0.717, 1.165) is 11.1 Å². The molecule has 0 bridgehead atoms. The number of amides is 3. The molecule has 0 aliphatic heterocycles. The largest absolute Gasteiger partial charge is 0.466 e. The molecule has 1 aromatic carbocycles. The van der Waals surface area contributed by atoms with E-state index in [4.69, 9.17) is 9.47 Å². The molecular formula is C26H41N3O6. The smallest absolute Gasteiger partial charge is 0.408 e. The average molecular weight is 492 g/mol. The number of ether oxygens (including phenoxy) is 2. The molecule has 35 heavy (non-hydrogen) atoms. The highest BCUT2D eigenvalue weighted by atomic mass is 16.6. The van der Waals surface area contributed by atoms with E-state index in [1.54, 1.807) is 34.6 Å². The topological polar surface area (TPSA) is 114 Å². The number of hydrogen-bond donors (Lipinski definition) is 2. The van der Waals surface area contributed by atoms with Gasteiger partial charge in [-0.1, -0.05) is 18.2 Å². The van der Waals surface area contributed by atoms with Crippen molar-refractivity contribution in [3.05, 3.63) is 34.9 Å². The van der Waals surface area contributed by atoms with Crippen LogP contribution in [0, 0.1) is 13.8 Å². The van der Waals surface area contributed by atoms with Crippen molar-refractivity contribution in [3.8, 4) is 0 Å². The van der Waals surface area contributed by atoms with Crippen LogP contribution in [0.1, 0.15) is 77.6 Å². The Kier molecular flexibility index (Phi) is 11.2. The van der Waals surface area contributed by atoms with Gasteiger partial charge in [-0.3, -0.25) is 14.4 Å². The third kappa shape index (κ3) is 9.22. The van der Waals surface area contributed by atoms with Crippen LogP contribution < -0.4 is 10.6 Å². The number of alkyl carbamates (subject to hydrolysis) is 1. The highest BCUT2D eigenvalue weighted by Crippen LogP contribution is 2.30. The summed E-state index contributed by atoms with van der Waals surface area (Å²) in [7, 11) is 0. The SMILES string of the molecule is CCOC(=O)CCNC(=O)C(c1c(C)cccc1C)N(C(=O)C(C)NC(=O)OC(C)(C)C)C(C)C. The number of nitrogens with zero attached hydrogens (tertiary/aromatic N) is 1. The van der Waals surface area contributed by atoms with E-state index in [1.807, 2.05) is 45.9 Å². The molecule has 2 unspecified atom stereocenters. The summed E-state index contributed by atoms with van der Waals surface area (Å²) in [5.74, 6) is -1.26. The van der Waals surface area contributed by atoms with Crippen LogP contribution in [0.2, 0.25) is 0 Å². The van der Waals surface area contributed by atoms with Gasteiger partial charge in [0, 0.05) is 12.6 Å². The summed E-state index contributed by atoms with van der Waals surface area (Å²) in [6.45, 7) is 16.2. The van der Waals surface area contributed by atoms with Gasteiger partial charge in [0.2, 0.25) is 11.8 Å². The molecule has 9 heteroatoms. The molecule has 1 aromatic rings. The summed E-state index contributed by atoms with van der Waals surface area (Å²) in [6, 6.07) is 3.38. The summed E-state index contributed by atoms with van der Waals surface area (Å²) in [6.07, 6.45) is -0.699. The van der Waals surface area contributed by atoms with Crippen molar-refractivity contribution in [2.24, 2.45) is 0 Å². The van der Waals surface area contributed by atoms with Crippen LogP contribution in [-0.2, 0) is 23.9 Å². The number of esters is 1. The first kappa shape index (κ1) is 29.9. The standard InChI is InChI=1S/C26H41N3O6/c1-10-34-20(30)14-15-27-23(31)22(21-17(4)12-11-13-18(21)5)29(16(2)3)24(32)19(6)28-25(33)35-26(7,8)9/h11-13,16,19,22H,10,14-15H2,1-9H3,(H,27,31)(H,28,33). The summed E-state index contributed by atoms with van der Waals surface area (Å²) >= 11 is 0. The van der Waals surface area contributed by atoms with Crippen molar-refractivity contribution in [2.45, 2.75) is 92.5 Å². The van der Waals surface area contributed by atoms with Crippen LogP contribution in [0.4, 0.5) is 4.79 Å². The second kappa shape index (κ2) is 13.1. The molecule has 0 fully saturated rings. The average Bonchev–Trinajstić information content (AvgIpc) is 2.70. The number of benzene rings is 1. The Morgan fingerprint density at radius 3 is 2.09 bits per heavy atom. The van der Waals surface area contributed by atoms with Gasteiger partial charge in [0.05, 0.1) is 13.0 Å².